The Kier molecular flexibility index (Phi) is 5.30. The molecule has 0 N–H and O–H groups in total. The van der Waals surface area contributed by atoms with Crippen LogP contribution in [0.4, 0.5) is 0 Å². The number of benzene rings is 3. The van der Waals surface area contributed by atoms with Crippen molar-refractivity contribution in [2.24, 2.45) is 0 Å². The third-order valence-electron chi connectivity index (χ3n) is 12.4. The molecule has 1 atom stereocenters. The van der Waals surface area contributed by atoms with E-state index in [-0.39, 0.29) is 29.5 Å². The number of imide groups is 2. The van der Waals surface area contributed by atoms with Crippen molar-refractivity contribution in [2.45, 2.75) is 26.2 Å². The Morgan fingerprint density at radius 2 is 1.35 bits per heavy atom. The van der Waals surface area contributed by atoms with E-state index in [1.807, 2.05) is 12.1 Å². The van der Waals surface area contributed by atoms with E-state index in [0.29, 0.717) is 28.7 Å². The zero-order chi connectivity index (χ0) is 36.4. The molecule has 10 heteroatoms. The van der Waals surface area contributed by atoms with E-state index in [0.717, 1.165) is 89.4 Å². The van der Waals surface area contributed by atoms with Crippen LogP contribution in [0, 0.1) is 13.8 Å². The molecule has 4 aliphatic carbocycles. The van der Waals surface area contributed by atoms with Gasteiger partial charge in [0.25, 0.3) is 23.6 Å². The molecule has 0 bridgehead atoms. The molecule has 6 nitrogen and oxygen atoms in total. The van der Waals surface area contributed by atoms with Crippen molar-refractivity contribution in [3.05, 3.63) is 107 Å². The highest BCUT2D eigenvalue weighted by Crippen LogP contribution is 2.57. The Bertz CT molecular complexity index is 3510. The van der Waals surface area contributed by atoms with Gasteiger partial charge in [-0.05, 0) is 117 Å². The molecule has 2 aliphatic heterocycles. The highest BCUT2D eigenvalue weighted by atomic mass is 32.1. The quantitative estimate of drug-likeness (QED) is 0.144. The minimum Gasteiger partial charge on any atom is -0.278 e. The molecule has 0 spiro atoms. The summed E-state index contributed by atoms with van der Waals surface area (Å²) in [5.41, 5.74) is 7.36. The van der Waals surface area contributed by atoms with E-state index in [9.17, 15) is 19.2 Å². The number of nitrogens with zero attached hydrogens (tertiary/aromatic N) is 2. The SMILES string of the molecule is Cc1ccc(-c2ccc(-c3cc4c(s3)=C3C=C5C(=O)N(C)C(=O)c6cc7c8cc(C)sc8c8cc9c%10c%11c8c7c(c65)C3C=%11C=4CC=%10C(=O)N(C)C9=O)s2)s1. The first-order valence-corrected chi connectivity index (χ1v) is 21.0. The van der Waals surface area contributed by atoms with Crippen molar-refractivity contribution in [1.82, 2.24) is 9.80 Å². The molecule has 3 aromatic carbocycles. The Morgan fingerprint density at radius 3 is 2.15 bits per heavy atom. The molecular weight excluding hydrogens is 749 g/mol. The van der Waals surface area contributed by atoms with Crippen LogP contribution in [0.2, 0.25) is 0 Å². The highest BCUT2D eigenvalue weighted by Gasteiger charge is 2.47. The number of aryl methyl sites for hydroxylation is 2. The summed E-state index contributed by atoms with van der Waals surface area (Å²) >= 11 is 7.01. The number of likely N-dealkylation sites (N-methyl/N-ethyl adjacent to an activating group) is 1. The van der Waals surface area contributed by atoms with Gasteiger partial charge in [-0.3, -0.25) is 29.0 Å². The number of carbonyl (C=O) groups is 4. The first-order chi connectivity index (χ1) is 26.1. The fourth-order valence-electron chi connectivity index (χ4n) is 10.2. The largest absolute Gasteiger partial charge is 0.278 e. The van der Waals surface area contributed by atoms with Crippen LogP contribution < -0.4 is 20.2 Å². The molecule has 0 saturated carbocycles. The van der Waals surface area contributed by atoms with Crippen molar-refractivity contribution < 1.29 is 19.2 Å². The smallest absolute Gasteiger partial charge is 0.261 e. The molecule has 0 fully saturated rings. The average molecular weight is 773 g/mol. The highest BCUT2D eigenvalue weighted by molar-refractivity contribution is 7.26. The van der Waals surface area contributed by atoms with Crippen molar-refractivity contribution in [1.29, 1.82) is 0 Å². The van der Waals surface area contributed by atoms with Gasteiger partial charge in [-0.1, -0.05) is 0 Å². The summed E-state index contributed by atoms with van der Waals surface area (Å²) in [4.78, 5) is 66.4. The van der Waals surface area contributed by atoms with Gasteiger partial charge in [0.05, 0.1) is 0 Å². The number of amides is 4. The first-order valence-electron chi connectivity index (χ1n) is 17.8. The van der Waals surface area contributed by atoms with Gasteiger partial charge in [-0.25, -0.2) is 0 Å². The average Bonchev–Trinajstić information content (AvgIpc) is 3.99. The van der Waals surface area contributed by atoms with Gasteiger partial charge in [-0.2, -0.15) is 0 Å². The number of hydrogen-bond acceptors (Lipinski definition) is 8. The first kappa shape index (κ1) is 30.1. The summed E-state index contributed by atoms with van der Waals surface area (Å²) < 4.78 is 2.16. The summed E-state index contributed by atoms with van der Waals surface area (Å²) in [5.74, 6) is -1.37. The predicted octanol–water partition coefficient (Wildman–Crippen LogP) is 6.78. The minimum atomic E-state index is -0.292. The Balaban J connectivity index is 1.28. The topological polar surface area (TPSA) is 74.8 Å². The van der Waals surface area contributed by atoms with Crippen molar-refractivity contribution in [3.63, 3.8) is 0 Å². The van der Waals surface area contributed by atoms with Crippen molar-refractivity contribution in [2.75, 3.05) is 14.1 Å². The van der Waals surface area contributed by atoms with Gasteiger partial charge < -0.3 is 0 Å². The number of carbonyl (C=O) groups excluding carboxylic acids is 4. The fourth-order valence-corrected chi connectivity index (χ4v) is 14.5. The predicted molar refractivity (Wildman–Crippen MR) is 219 cm³/mol. The van der Waals surface area contributed by atoms with Gasteiger partial charge in [0, 0.05) is 109 Å². The second-order valence-corrected chi connectivity index (χ2v) is 19.8. The second kappa shape index (κ2) is 9.51. The van der Waals surface area contributed by atoms with Gasteiger partial charge in [0.15, 0.2) is 0 Å². The third kappa shape index (κ3) is 3.28. The summed E-state index contributed by atoms with van der Waals surface area (Å²) in [6, 6.07) is 17.2. The van der Waals surface area contributed by atoms with Crippen LogP contribution in [0.3, 0.4) is 0 Å². The minimum absolute atomic E-state index is 0.249. The van der Waals surface area contributed by atoms with Crippen LogP contribution in [-0.2, 0) is 9.59 Å². The molecule has 7 aromatic rings. The lowest BCUT2D eigenvalue weighted by Gasteiger charge is -2.41. The maximum Gasteiger partial charge on any atom is 0.261 e. The monoisotopic (exact) mass is 772 g/mol. The summed E-state index contributed by atoms with van der Waals surface area (Å²) in [6.45, 7) is 4.22. The number of fused-ring (bicyclic) bond motifs is 4. The Morgan fingerprint density at radius 1 is 0.630 bits per heavy atom. The molecule has 6 heterocycles. The van der Waals surface area contributed by atoms with Gasteiger partial charge in [-0.15, -0.1) is 45.3 Å². The van der Waals surface area contributed by atoms with Crippen LogP contribution in [0.15, 0.2) is 54.6 Å². The fraction of sp³-hybridized carbons (Fsp3) is 0.136. The van der Waals surface area contributed by atoms with Gasteiger partial charge >= 0.3 is 0 Å². The van der Waals surface area contributed by atoms with Crippen molar-refractivity contribution >= 4 is 128 Å². The molecule has 6 aliphatic rings. The van der Waals surface area contributed by atoms with E-state index >= 15 is 0 Å². The Labute approximate surface area is 322 Å². The molecule has 0 radical (unpaired) electrons. The van der Waals surface area contributed by atoms with E-state index < -0.39 is 0 Å². The van der Waals surface area contributed by atoms with E-state index in [2.05, 4.69) is 56.3 Å². The van der Waals surface area contributed by atoms with Crippen LogP contribution in [0.5, 0.6) is 0 Å². The summed E-state index contributed by atoms with van der Waals surface area (Å²) in [7, 11) is 3.18. The molecule has 1 unspecified atom stereocenters. The number of allylic oxidation sites excluding steroid dienone is 1. The van der Waals surface area contributed by atoms with Crippen LogP contribution in [-0.4, -0.2) is 47.5 Å². The van der Waals surface area contributed by atoms with E-state index in [1.54, 1.807) is 59.4 Å². The van der Waals surface area contributed by atoms with Crippen LogP contribution >= 0.6 is 45.3 Å². The lowest BCUT2D eigenvalue weighted by Crippen LogP contribution is -2.53. The van der Waals surface area contributed by atoms with Gasteiger partial charge in [0.1, 0.15) is 0 Å². The lowest BCUT2D eigenvalue weighted by atomic mass is 9.63. The maximum atomic E-state index is 14.2. The molecular formula is C44H24N2O4S4. The molecule has 13 rings (SSSR count). The molecule has 4 amide bonds. The third-order valence-corrected chi connectivity index (χ3v) is 17.1. The number of thiophene rings is 4. The summed E-state index contributed by atoms with van der Waals surface area (Å²) in [5, 5.41) is 7.89. The molecule has 54 heavy (non-hydrogen) atoms. The Hall–Kier alpha value is -5.26. The van der Waals surface area contributed by atoms with E-state index in [4.69, 9.17) is 0 Å². The van der Waals surface area contributed by atoms with Crippen LogP contribution in [0.1, 0.15) is 53.9 Å². The normalized spacial score (nSPS) is 18.9. The second-order valence-electron chi connectivity index (χ2n) is 15.1. The lowest BCUT2D eigenvalue weighted by molar-refractivity contribution is -0.122. The zero-order valence-electron chi connectivity index (χ0n) is 29.1. The van der Waals surface area contributed by atoms with Gasteiger partial charge in [0.2, 0.25) is 0 Å². The van der Waals surface area contributed by atoms with Crippen LogP contribution in [0.25, 0.3) is 79.0 Å². The number of hydrogen-bond donors (Lipinski definition) is 0. The molecule has 0 saturated heterocycles. The molecule has 4 aromatic heterocycles. The maximum absolute atomic E-state index is 14.2. The molecule has 258 valence electrons. The number of rotatable bonds is 2. The van der Waals surface area contributed by atoms with Crippen molar-refractivity contribution in [3.8, 4) is 19.5 Å². The summed E-state index contributed by atoms with van der Waals surface area (Å²) in [6.07, 6.45) is 2.46. The standard InChI is InChI=1S/C44H24N2O4S4/c1-15-5-6-27(51-15)28-7-8-29(53-28)30-14-20-18-11-24-32-25(43(49)46(4)42(24)48)12-21-35-33-17(19-9-16(2)52-39(19)21)10-23-31-26(44(50)45(3)41(23)47)13-22(40(20)54-30)36(37(31)33)34(18)38(32)35/h5-10,12-14,36H,11H2,1-4H3. The zero-order valence-corrected chi connectivity index (χ0v) is 32.4. The van der Waals surface area contributed by atoms with E-state index in [1.165, 1.54) is 29.3 Å².